The molecule has 1 aromatic rings. The third-order valence-electron chi connectivity index (χ3n) is 3.84. The minimum atomic E-state index is -0.374. The zero-order chi connectivity index (χ0) is 16.1. The third kappa shape index (κ3) is 4.53. The Labute approximate surface area is 129 Å². The molecule has 1 aromatic carbocycles. The topological polar surface area (TPSA) is 69.6 Å². The smallest absolute Gasteiger partial charge is 0.224 e. The lowest BCUT2D eigenvalue weighted by Gasteiger charge is -2.29. The maximum Gasteiger partial charge on any atom is 0.224 e. The number of nitrogens with zero attached hydrogens (tertiary/aromatic N) is 1. The van der Waals surface area contributed by atoms with E-state index in [4.69, 9.17) is 0 Å². The zero-order valence-corrected chi connectivity index (χ0v) is 12.6. The number of aryl methyl sites for hydroxylation is 1. The van der Waals surface area contributed by atoms with E-state index in [0.29, 0.717) is 37.2 Å². The highest BCUT2D eigenvalue weighted by molar-refractivity contribution is 5.93. The van der Waals surface area contributed by atoms with Crippen molar-refractivity contribution >= 4 is 17.5 Å². The summed E-state index contributed by atoms with van der Waals surface area (Å²) in [6, 6.07) is 4.49. The number of carbonyl (C=O) groups is 2. The first-order chi connectivity index (χ1) is 10.5. The fourth-order valence-corrected chi connectivity index (χ4v) is 2.39. The van der Waals surface area contributed by atoms with Gasteiger partial charge in [-0.1, -0.05) is 6.07 Å². The number of aliphatic hydroxyl groups excluding tert-OH is 1. The molecule has 1 saturated heterocycles. The Morgan fingerprint density at radius 1 is 1.32 bits per heavy atom. The number of piperidine rings is 1. The molecular weight excluding hydrogens is 287 g/mol. The van der Waals surface area contributed by atoms with Crippen molar-refractivity contribution in [2.75, 3.05) is 18.4 Å². The summed E-state index contributed by atoms with van der Waals surface area (Å²) in [7, 11) is 0. The Morgan fingerprint density at radius 2 is 2.00 bits per heavy atom. The molecule has 2 amide bonds. The van der Waals surface area contributed by atoms with Crippen LogP contribution in [0.5, 0.6) is 0 Å². The van der Waals surface area contributed by atoms with Crippen LogP contribution < -0.4 is 5.32 Å². The van der Waals surface area contributed by atoms with Crippen molar-refractivity contribution < 1.29 is 19.1 Å². The summed E-state index contributed by atoms with van der Waals surface area (Å²) >= 11 is 0. The molecule has 1 aliphatic heterocycles. The Bertz CT molecular complexity index is 554. The number of rotatable bonds is 4. The van der Waals surface area contributed by atoms with Crippen LogP contribution in [0.2, 0.25) is 0 Å². The van der Waals surface area contributed by atoms with Gasteiger partial charge >= 0.3 is 0 Å². The first-order valence-corrected chi connectivity index (χ1v) is 7.47. The van der Waals surface area contributed by atoms with Crippen molar-refractivity contribution in [3.8, 4) is 0 Å². The molecule has 0 unspecified atom stereocenters. The van der Waals surface area contributed by atoms with Gasteiger partial charge in [-0.2, -0.15) is 0 Å². The highest BCUT2D eigenvalue weighted by atomic mass is 19.1. The average molecular weight is 308 g/mol. The maximum absolute atomic E-state index is 13.4. The van der Waals surface area contributed by atoms with Crippen LogP contribution in [0.15, 0.2) is 18.2 Å². The third-order valence-corrected chi connectivity index (χ3v) is 3.84. The van der Waals surface area contributed by atoms with Crippen LogP contribution in [0.4, 0.5) is 10.1 Å². The predicted molar refractivity (Wildman–Crippen MR) is 80.8 cm³/mol. The van der Waals surface area contributed by atoms with E-state index in [1.807, 2.05) is 0 Å². The number of hydrogen-bond acceptors (Lipinski definition) is 3. The van der Waals surface area contributed by atoms with Crippen molar-refractivity contribution in [1.29, 1.82) is 0 Å². The summed E-state index contributed by atoms with van der Waals surface area (Å²) in [5, 5.41) is 12.0. The summed E-state index contributed by atoms with van der Waals surface area (Å²) < 4.78 is 13.4. The predicted octanol–water partition coefficient (Wildman–Crippen LogP) is 1.84. The van der Waals surface area contributed by atoms with Crippen LogP contribution in [0, 0.1) is 12.7 Å². The molecule has 2 rings (SSSR count). The molecule has 1 heterocycles. The highest BCUT2D eigenvalue weighted by Gasteiger charge is 2.21. The zero-order valence-electron chi connectivity index (χ0n) is 12.6. The molecule has 6 heteroatoms. The summed E-state index contributed by atoms with van der Waals surface area (Å²) in [6.07, 6.45) is 1.02. The van der Waals surface area contributed by atoms with Gasteiger partial charge in [-0.15, -0.1) is 0 Å². The molecule has 0 bridgehead atoms. The first-order valence-electron chi connectivity index (χ1n) is 7.47. The molecule has 1 fully saturated rings. The molecule has 0 aliphatic carbocycles. The van der Waals surface area contributed by atoms with E-state index in [1.165, 1.54) is 6.07 Å². The Balaban J connectivity index is 1.77. The van der Waals surface area contributed by atoms with Crippen molar-refractivity contribution in [1.82, 2.24) is 4.90 Å². The number of anilines is 1. The summed E-state index contributed by atoms with van der Waals surface area (Å²) in [6.45, 7) is 2.71. The van der Waals surface area contributed by atoms with Gasteiger partial charge in [0.1, 0.15) is 5.82 Å². The molecule has 1 aliphatic rings. The Kier molecular flexibility index (Phi) is 5.49. The van der Waals surface area contributed by atoms with Crippen molar-refractivity contribution in [2.45, 2.75) is 38.7 Å². The molecule has 120 valence electrons. The van der Waals surface area contributed by atoms with Crippen LogP contribution in [0.3, 0.4) is 0 Å². The molecular formula is C16H21FN2O3. The largest absolute Gasteiger partial charge is 0.393 e. The monoisotopic (exact) mass is 308 g/mol. The molecule has 0 atom stereocenters. The van der Waals surface area contributed by atoms with E-state index >= 15 is 0 Å². The number of aliphatic hydroxyl groups is 1. The normalized spacial score (nSPS) is 15.7. The van der Waals surface area contributed by atoms with Gasteiger partial charge in [0.2, 0.25) is 11.8 Å². The van der Waals surface area contributed by atoms with E-state index in [9.17, 15) is 19.1 Å². The minimum absolute atomic E-state index is 0.0629. The van der Waals surface area contributed by atoms with Gasteiger partial charge in [-0.05, 0) is 37.5 Å². The number of likely N-dealkylation sites (tertiary alicyclic amines) is 1. The van der Waals surface area contributed by atoms with Crippen LogP contribution in [0.1, 0.15) is 31.2 Å². The molecule has 5 nitrogen and oxygen atoms in total. The number of benzene rings is 1. The molecule has 0 saturated carbocycles. The summed E-state index contributed by atoms with van der Waals surface area (Å²) in [5.74, 6) is -0.772. The lowest BCUT2D eigenvalue weighted by molar-refractivity contribution is -0.134. The van der Waals surface area contributed by atoms with E-state index in [1.54, 1.807) is 24.0 Å². The van der Waals surface area contributed by atoms with E-state index in [0.717, 1.165) is 0 Å². The van der Waals surface area contributed by atoms with Crippen LogP contribution in [-0.2, 0) is 9.59 Å². The fourth-order valence-electron chi connectivity index (χ4n) is 2.39. The Morgan fingerprint density at radius 3 is 2.64 bits per heavy atom. The van der Waals surface area contributed by atoms with Gasteiger partial charge in [0.25, 0.3) is 0 Å². The molecule has 22 heavy (non-hydrogen) atoms. The molecule has 0 spiro atoms. The Hall–Kier alpha value is -1.95. The van der Waals surface area contributed by atoms with E-state index in [2.05, 4.69) is 5.32 Å². The second-order valence-corrected chi connectivity index (χ2v) is 5.62. The lowest BCUT2D eigenvalue weighted by Crippen LogP contribution is -2.40. The van der Waals surface area contributed by atoms with Crippen LogP contribution in [0.25, 0.3) is 0 Å². The fraction of sp³-hybridized carbons (Fsp3) is 0.500. The van der Waals surface area contributed by atoms with Crippen molar-refractivity contribution in [2.24, 2.45) is 0 Å². The first kappa shape index (κ1) is 16.4. The standard InChI is InChI=1S/C16H21FN2O3/c1-11-2-3-12(10-14(11)17)18-15(21)4-5-16(22)19-8-6-13(20)7-9-19/h2-3,10,13,20H,4-9H2,1H3,(H,18,21). The van der Waals surface area contributed by atoms with Crippen LogP contribution >= 0.6 is 0 Å². The quantitative estimate of drug-likeness (QED) is 0.891. The van der Waals surface area contributed by atoms with Gasteiger partial charge < -0.3 is 15.3 Å². The number of hydrogen-bond donors (Lipinski definition) is 2. The number of amides is 2. The SMILES string of the molecule is Cc1ccc(NC(=O)CCC(=O)N2CCC(O)CC2)cc1F. The van der Waals surface area contributed by atoms with Gasteiger partial charge in [0.05, 0.1) is 6.10 Å². The second-order valence-electron chi connectivity index (χ2n) is 5.62. The van der Waals surface area contributed by atoms with Gasteiger partial charge in [-0.25, -0.2) is 4.39 Å². The van der Waals surface area contributed by atoms with E-state index in [-0.39, 0.29) is 36.6 Å². The summed E-state index contributed by atoms with van der Waals surface area (Å²) in [5.41, 5.74) is 0.905. The van der Waals surface area contributed by atoms with Gasteiger partial charge in [-0.3, -0.25) is 9.59 Å². The second kappa shape index (κ2) is 7.35. The maximum atomic E-state index is 13.4. The molecule has 0 radical (unpaired) electrons. The van der Waals surface area contributed by atoms with Gasteiger partial charge in [0.15, 0.2) is 0 Å². The average Bonchev–Trinajstić information content (AvgIpc) is 2.49. The molecule has 2 N–H and O–H groups in total. The van der Waals surface area contributed by atoms with E-state index < -0.39 is 0 Å². The number of carbonyl (C=O) groups excluding carboxylic acids is 2. The lowest BCUT2D eigenvalue weighted by atomic mass is 10.1. The number of halogens is 1. The van der Waals surface area contributed by atoms with Crippen LogP contribution in [-0.4, -0.2) is 41.0 Å². The van der Waals surface area contributed by atoms with Gasteiger partial charge in [0, 0.05) is 31.6 Å². The van der Waals surface area contributed by atoms with Crippen molar-refractivity contribution in [3.63, 3.8) is 0 Å². The minimum Gasteiger partial charge on any atom is -0.393 e. The highest BCUT2D eigenvalue weighted by Crippen LogP contribution is 2.15. The number of nitrogens with one attached hydrogen (secondary N) is 1. The van der Waals surface area contributed by atoms with Crippen molar-refractivity contribution in [3.05, 3.63) is 29.6 Å². The molecule has 0 aromatic heterocycles. The summed E-state index contributed by atoms with van der Waals surface area (Å²) in [4.78, 5) is 25.4.